The predicted molar refractivity (Wildman–Crippen MR) is 77.5 cm³/mol. The molecule has 0 spiro atoms. The molecule has 0 radical (unpaired) electrons. The van der Waals surface area contributed by atoms with Crippen LogP contribution in [0.15, 0.2) is 5.28 Å². The van der Waals surface area contributed by atoms with E-state index in [1.807, 2.05) is 0 Å². The van der Waals surface area contributed by atoms with Crippen LogP contribution in [-0.2, 0) is 13.3 Å². The Morgan fingerprint density at radius 2 is 1.82 bits per heavy atom. The van der Waals surface area contributed by atoms with Crippen LogP contribution in [0.1, 0.15) is 6.42 Å². The average Bonchev–Trinajstić information content (AvgIpc) is 2.53. The monoisotopic (exact) mass is 348 g/mol. The molecule has 0 heterocycles. The molecular formula is C10H27N5NaO5Si+. The molecule has 4 N–H and O–H groups in total. The van der Waals surface area contributed by atoms with E-state index in [1.54, 1.807) is 0 Å². The molecule has 0 aliphatic rings. The zero-order valence-corrected chi connectivity index (χ0v) is 16.9. The van der Waals surface area contributed by atoms with Crippen LogP contribution in [0.2, 0.25) is 6.04 Å². The Morgan fingerprint density at radius 1 is 1.23 bits per heavy atom. The quantitative estimate of drug-likeness (QED) is 0.102. The molecule has 0 aliphatic carbocycles. The summed E-state index contributed by atoms with van der Waals surface area (Å²) >= 11 is 0. The summed E-state index contributed by atoms with van der Waals surface area (Å²) in [6.07, 6.45) is 0.604. The van der Waals surface area contributed by atoms with E-state index in [0.717, 1.165) is 0 Å². The number of hydrazine groups is 1. The molecule has 0 atom stereocenters. The van der Waals surface area contributed by atoms with E-state index < -0.39 is 8.80 Å². The van der Waals surface area contributed by atoms with Crippen LogP contribution in [-0.4, -0.2) is 78.0 Å². The molecular weight excluding hydrogens is 321 g/mol. The second-order valence-corrected chi connectivity index (χ2v) is 7.32. The van der Waals surface area contributed by atoms with E-state index in [2.05, 4.69) is 10.6 Å². The third kappa shape index (κ3) is 9.22. The fourth-order valence-corrected chi connectivity index (χ4v) is 3.51. The Hall–Kier alpha value is 0.0169. The van der Waals surface area contributed by atoms with Crippen LogP contribution in [0.25, 0.3) is 0 Å². The molecule has 0 bridgehead atoms. The zero-order chi connectivity index (χ0) is 16.1. The molecule has 0 unspecified atom stereocenters. The summed E-state index contributed by atoms with van der Waals surface area (Å²) in [4.78, 5) is 0.166. The minimum Gasteiger partial charge on any atom is -0.569 e. The predicted octanol–water partition coefficient (Wildman–Crippen LogP) is -3.62. The average molecular weight is 348 g/mol. The Kier molecular flexibility index (Phi) is 16.1. The molecule has 10 nitrogen and oxygen atoms in total. The summed E-state index contributed by atoms with van der Waals surface area (Å²) in [6.45, 7) is 2.54. The molecule has 0 amide bonds. The maximum atomic E-state index is 11.4. The van der Waals surface area contributed by atoms with Crippen molar-refractivity contribution in [2.75, 3.05) is 54.1 Å². The number of nitrogens with zero attached hydrogens (tertiary/aromatic N) is 3. The van der Waals surface area contributed by atoms with Crippen molar-refractivity contribution in [1.29, 1.82) is 0 Å². The standard InChI is InChI=1S/C10H27N5O5Si.Na/c1-18-21(19-2,20-3)10-4-8-14(15(17)13-16)9-7-12-6-5-11;/h12,16H,4-11H2,1-3H3;/q;+1. The van der Waals surface area contributed by atoms with E-state index in [9.17, 15) is 5.21 Å². The minimum atomic E-state index is -2.65. The third-order valence-electron chi connectivity index (χ3n) is 3.02. The van der Waals surface area contributed by atoms with Gasteiger partial charge in [-0.05, 0) is 6.42 Å². The van der Waals surface area contributed by atoms with Gasteiger partial charge in [-0.1, -0.05) is 0 Å². The van der Waals surface area contributed by atoms with Crippen LogP contribution in [0.3, 0.4) is 0 Å². The van der Waals surface area contributed by atoms with E-state index >= 15 is 0 Å². The Morgan fingerprint density at radius 3 is 2.27 bits per heavy atom. The van der Waals surface area contributed by atoms with Gasteiger partial charge >= 0.3 is 38.4 Å². The van der Waals surface area contributed by atoms with Gasteiger partial charge in [-0.2, -0.15) is 0 Å². The summed E-state index contributed by atoms with van der Waals surface area (Å²) in [5.74, 6) is 0. The fourth-order valence-electron chi connectivity index (χ4n) is 1.81. The van der Waals surface area contributed by atoms with Gasteiger partial charge in [-0.25, -0.2) is 0 Å². The maximum Gasteiger partial charge on any atom is 1.00 e. The number of rotatable bonds is 13. The summed E-state index contributed by atoms with van der Waals surface area (Å²) in [7, 11) is 1.97. The number of hydrogen-bond donors (Lipinski definition) is 3. The molecule has 0 aromatic carbocycles. The number of nitrogens with one attached hydrogen (secondary N) is 1. The van der Waals surface area contributed by atoms with Crippen molar-refractivity contribution in [2.24, 2.45) is 11.0 Å². The van der Waals surface area contributed by atoms with E-state index in [1.165, 1.54) is 26.3 Å². The molecule has 0 fully saturated rings. The van der Waals surface area contributed by atoms with Gasteiger partial charge in [0.25, 0.3) is 0 Å². The largest absolute Gasteiger partial charge is 1.00 e. The minimum absolute atomic E-state index is 0. The van der Waals surface area contributed by atoms with Gasteiger partial charge in [0, 0.05) is 47.0 Å². The second kappa shape index (κ2) is 14.6. The van der Waals surface area contributed by atoms with Gasteiger partial charge in [0.05, 0.1) is 18.1 Å². The molecule has 0 saturated heterocycles. The molecule has 0 rings (SSSR count). The van der Waals surface area contributed by atoms with Gasteiger partial charge in [-0.3, -0.25) is 0 Å². The Bertz CT molecular complexity index is 291. The first-order valence-corrected chi connectivity index (χ1v) is 8.65. The van der Waals surface area contributed by atoms with Crippen molar-refractivity contribution in [2.45, 2.75) is 12.5 Å². The smallest absolute Gasteiger partial charge is 0.569 e. The molecule has 0 aromatic rings. The molecule has 0 aliphatic heterocycles. The Labute approximate surface area is 154 Å². The van der Waals surface area contributed by atoms with E-state index in [4.69, 9.17) is 24.2 Å². The molecule has 126 valence electrons. The summed E-state index contributed by atoms with van der Waals surface area (Å²) in [6, 6.07) is 0.558. The molecule has 22 heavy (non-hydrogen) atoms. The Balaban J connectivity index is 0. The van der Waals surface area contributed by atoms with Gasteiger partial charge in [0.2, 0.25) is 5.28 Å². The van der Waals surface area contributed by atoms with Gasteiger partial charge in [-0.15, -0.1) is 5.01 Å². The summed E-state index contributed by atoms with van der Waals surface area (Å²) in [5.41, 5.74) is 5.36. The van der Waals surface area contributed by atoms with Crippen LogP contribution < -0.4 is 40.6 Å². The van der Waals surface area contributed by atoms with Crippen molar-refractivity contribution in [3.05, 3.63) is 5.21 Å². The molecule has 0 aromatic heterocycles. The van der Waals surface area contributed by atoms with E-state index in [0.29, 0.717) is 45.2 Å². The summed E-state index contributed by atoms with van der Waals surface area (Å²) < 4.78 is 15.9. The topological polar surface area (TPSA) is 128 Å². The van der Waals surface area contributed by atoms with Gasteiger partial charge in [0.15, 0.2) is 0 Å². The van der Waals surface area contributed by atoms with Crippen molar-refractivity contribution in [3.63, 3.8) is 0 Å². The molecule has 12 heteroatoms. The van der Waals surface area contributed by atoms with Crippen molar-refractivity contribution in [3.8, 4) is 0 Å². The second-order valence-electron chi connectivity index (χ2n) is 4.23. The fraction of sp³-hybridized carbons (Fsp3) is 1.00. The first-order chi connectivity index (χ1) is 10.1. The first kappa shape index (κ1) is 24.3. The normalized spacial score (nSPS) is 12.1. The van der Waals surface area contributed by atoms with Crippen molar-refractivity contribution >= 4 is 8.80 Å². The van der Waals surface area contributed by atoms with Crippen LogP contribution in [0, 0.1) is 5.21 Å². The number of nitrogens with two attached hydrogens (primary N) is 1. The van der Waals surface area contributed by atoms with Crippen molar-refractivity contribution < 1.29 is 53.0 Å². The first-order valence-electron chi connectivity index (χ1n) is 6.72. The SMILES string of the molecule is CO[Si](CCCN(CCNCCN)[N+]([O-])=NO)(OC)OC.[Na+]. The molecule has 0 saturated carbocycles. The van der Waals surface area contributed by atoms with E-state index in [-0.39, 0.29) is 34.5 Å². The zero-order valence-electron chi connectivity index (χ0n) is 13.9. The van der Waals surface area contributed by atoms with Crippen LogP contribution >= 0.6 is 0 Å². The van der Waals surface area contributed by atoms with Crippen molar-refractivity contribution in [1.82, 2.24) is 10.3 Å². The van der Waals surface area contributed by atoms with Gasteiger partial charge in [0.1, 0.15) is 0 Å². The van der Waals surface area contributed by atoms with Crippen LogP contribution in [0.4, 0.5) is 0 Å². The van der Waals surface area contributed by atoms with Gasteiger partial charge < -0.3 is 34.7 Å². The summed E-state index contributed by atoms with van der Waals surface area (Å²) in [5, 5.41) is 27.1. The van der Waals surface area contributed by atoms with Crippen LogP contribution in [0.5, 0.6) is 0 Å². The maximum absolute atomic E-state index is 11.4. The number of hydrogen-bond acceptors (Lipinski definition) is 7. The third-order valence-corrected chi connectivity index (χ3v) is 5.85.